The minimum absolute atomic E-state index is 0.330. The number of hydrogen-bond acceptors (Lipinski definition) is 2. The molecule has 1 aromatic rings. The van der Waals surface area contributed by atoms with Crippen molar-refractivity contribution < 1.29 is 5.11 Å². The lowest BCUT2D eigenvalue weighted by Gasteiger charge is -2.04. The van der Waals surface area contributed by atoms with Gasteiger partial charge >= 0.3 is 0 Å². The van der Waals surface area contributed by atoms with Gasteiger partial charge in [-0.3, -0.25) is 0 Å². The number of aliphatic hydroxyl groups excluding tert-OH is 1. The predicted octanol–water partition coefficient (Wildman–Crippen LogP) is 2.16. The number of para-hydroxylation sites is 1. The zero-order valence-corrected chi connectivity index (χ0v) is 7.49. The molecule has 2 heteroatoms. The van der Waals surface area contributed by atoms with E-state index < -0.39 is 0 Å². The van der Waals surface area contributed by atoms with E-state index in [1.807, 2.05) is 24.3 Å². The quantitative estimate of drug-likeness (QED) is 0.730. The van der Waals surface area contributed by atoms with Gasteiger partial charge in [0, 0.05) is 17.6 Å². The largest absolute Gasteiger partial charge is 0.393 e. The second-order valence-electron chi connectivity index (χ2n) is 3.27. The minimum atomic E-state index is -0.330. The maximum atomic E-state index is 9.24. The monoisotopic (exact) mass is 173 g/mol. The van der Waals surface area contributed by atoms with Gasteiger partial charge in [-0.1, -0.05) is 18.2 Å². The number of fused-ring (bicyclic) bond motifs is 1. The second-order valence-corrected chi connectivity index (χ2v) is 3.27. The van der Waals surface area contributed by atoms with Crippen molar-refractivity contribution in [2.45, 2.75) is 19.4 Å². The van der Waals surface area contributed by atoms with Gasteiger partial charge < -0.3 is 5.11 Å². The molecule has 0 amide bonds. The highest BCUT2D eigenvalue weighted by atomic mass is 16.3. The minimum Gasteiger partial charge on any atom is -0.393 e. The molecule has 0 spiro atoms. The Balaban J connectivity index is 2.31. The molecule has 2 nitrogen and oxygen atoms in total. The summed E-state index contributed by atoms with van der Waals surface area (Å²) in [7, 11) is 0. The van der Waals surface area contributed by atoms with Crippen LogP contribution >= 0.6 is 0 Å². The molecule has 1 unspecified atom stereocenters. The first kappa shape index (κ1) is 8.24. The first-order valence-electron chi connectivity index (χ1n) is 4.37. The average molecular weight is 173 g/mol. The van der Waals surface area contributed by atoms with Crippen molar-refractivity contribution in [3.63, 3.8) is 0 Å². The highest BCUT2D eigenvalue weighted by molar-refractivity contribution is 5.99. The van der Waals surface area contributed by atoms with E-state index in [9.17, 15) is 5.11 Å². The summed E-state index contributed by atoms with van der Waals surface area (Å²) in [4.78, 5) is 4.14. The molecule has 0 saturated heterocycles. The number of hydrogen-bond donors (Lipinski definition) is 1. The van der Waals surface area contributed by atoms with Crippen molar-refractivity contribution in [3.8, 4) is 0 Å². The lowest BCUT2D eigenvalue weighted by atomic mass is 10.0. The summed E-state index contributed by atoms with van der Waals surface area (Å²) in [6, 6.07) is 7.90. The van der Waals surface area contributed by atoms with Crippen LogP contribution in [0.3, 0.4) is 0 Å². The summed E-state index contributed by atoms with van der Waals surface area (Å²) in [5.74, 6) is 2.94. The maximum absolute atomic E-state index is 9.24. The first-order chi connectivity index (χ1) is 6.27. The molecule has 1 aliphatic heterocycles. The average Bonchev–Trinajstić information content (AvgIpc) is 2.48. The molecule has 1 N–H and O–H groups in total. The number of aliphatic imine (C=N–C) groups is 1. The predicted molar refractivity (Wildman–Crippen MR) is 53.2 cm³/mol. The highest BCUT2D eigenvalue weighted by Crippen LogP contribution is 2.31. The fourth-order valence-corrected chi connectivity index (χ4v) is 1.47. The van der Waals surface area contributed by atoms with Gasteiger partial charge in [0.05, 0.1) is 11.8 Å². The highest BCUT2D eigenvalue weighted by Gasteiger charge is 2.12. The Morgan fingerprint density at radius 1 is 1.46 bits per heavy atom. The van der Waals surface area contributed by atoms with E-state index in [0.29, 0.717) is 6.42 Å². The Labute approximate surface area is 77.3 Å². The molecule has 0 aromatic heterocycles. The SMILES string of the molecule is CC(O)CC1=C=Nc2ccccc21. The van der Waals surface area contributed by atoms with E-state index >= 15 is 0 Å². The van der Waals surface area contributed by atoms with Gasteiger partial charge in [0.15, 0.2) is 0 Å². The Hall–Kier alpha value is -1.37. The van der Waals surface area contributed by atoms with Crippen LogP contribution in [0.5, 0.6) is 0 Å². The third kappa shape index (κ3) is 1.55. The van der Waals surface area contributed by atoms with Crippen molar-refractivity contribution in [1.82, 2.24) is 0 Å². The molecule has 0 radical (unpaired) electrons. The zero-order valence-electron chi connectivity index (χ0n) is 7.49. The Bertz CT molecular complexity index is 387. The van der Waals surface area contributed by atoms with E-state index in [0.717, 1.165) is 16.8 Å². The van der Waals surface area contributed by atoms with E-state index in [2.05, 4.69) is 10.9 Å². The van der Waals surface area contributed by atoms with Gasteiger partial charge in [-0.15, -0.1) is 0 Å². The fraction of sp³-hybridized carbons (Fsp3) is 0.273. The van der Waals surface area contributed by atoms with Crippen LogP contribution in [0.2, 0.25) is 0 Å². The zero-order chi connectivity index (χ0) is 9.26. The summed E-state index contributed by atoms with van der Waals surface area (Å²) in [6.07, 6.45) is 0.296. The molecule has 2 rings (SSSR count). The number of aliphatic hydroxyl groups is 1. The smallest absolute Gasteiger partial charge is 0.0811 e. The van der Waals surface area contributed by atoms with E-state index in [-0.39, 0.29) is 6.10 Å². The van der Waals surface area contributed by atoms with Crippen molar-refractivity contribution in [2.24, 2.45) is 4.99 Å². The molecular formula is C11H11NO. The maximum Gasteiger partial charge on any atom is 0.0811 e. The number of nitrogens with zero attached hydrogens (tertiary/aromatic N) is 1. The molecule has 0 bridgehead atoms. The molecule has 1 atom stereocenters. The normalized spacial score (nSPS) is 15.4. The van der Waals surface area contributed by atoms with Crippen LogP contribution in [-0.4, -0.2) is 17.1 Å². The van der Waals surface area contributed by atoms with Crippen LogP contribution < -0.4 is 0 Å². The van der Waals surface area contributed by atoms with Crippen LogP contribution in [0.15, 0.2) is 29.3 Å². The lowest BCUT2D eigenvalue weighted by molar-refractivity contribution is 0.201. The van der Waals surface area contributed by atoms with Crippen LogP contribution in [0.4, 0.5) is 5.69 Å². The molecule has 66 valence electrons. The van der Waals surface area contributed by atoms with Gasteiger partial charge in [0.2, 0.25) is 0 Å². The van der Waals surface area contributed by atoms with Gasteiger partial charge in [0.25, 0.3) is 0 Å². The van der Waals surface area contributed by atoms with Crippen molar-refractivity contribution in [1.29, 1.82) is 0 Å². The van der Waals surface area contributed by atoms with Crippen LogP contribution in [0, 0.1) is 0 Å². The van der Waals surface area contributed by atoms with Crippen molar-refractivity contribution in [2.75, 3.05) is 0 Å². The lowest BCUT2D eigenvalue weighted by Crippen LogP contribution is -2.00. The number of benzene rings is 1. The van der Waals surface area contributed by atoms with E-state index in [1.165, 1.54) is 0 Å². The Morgan fingerprint density at radius 2 is 2.23 bits per heavy atom. The van der Waals surface area contributed by atoms with Gasteiger partial charge in [-0.2, -0.15) is 0 Å². The Morgan fingerprint density at radius 3 is 3.00 bits per heavy atom. The summed E-state index contributed by atoms with van der Waals surface area (Å²) >= 11 is 0. The molecule has 13 heavy (non-hydrogen) atoms. The fourth-order valence-electron chi connectivity index (χ4n) is 1.47. The summed E-state index contributed by atoms with van der Waals surface area (Å²) < 4.78 is 0. The third-order valence-electron chi connectivity index (χ3n) is 2.04. The van der Waals surface area contributed by atoms with Crippen molar-refractivity contribution in [3.05, 3.63) is 29.8 Å². The summed E-state index contributed by atoms with van der Waals surface area (Å²) in [6.45, 7) is 1.77. The van der Waals surface area contributed by atoms with Gasteiger partial charge in [0.1, 0.15) is 0 Å². The van der Waals surface area contributed by atoms with E-state index in [1.54, 1.807) is 6.92 Å². The first-order valence-corrected chi connectivity index (χ1v) is 4.37. The topological polar surface area (TPSA) is 32.6 Å². The Kier molecular flexibility index (Phi) is 2.01. The van der Waals surface area contributed by atoms with Crippen LogP contribution in [0.25, 0.3) is 5.57 Å². The molecule has 1 heterocycles. The van der Waals surface area contributed by atoms with E-state index in [4.69, 9.17) is 0 Å². The third-order valence-corrected chi connectivity index (χ3v) is 2.04. The summed E-state index contributed by atoms with van der Waals surface area (Å²) in [5, 5.41) is 9.24. The van der Waals surface area contributed by atoms with Crippen LogP contribution in [-0.2, 0) is 0 Å². The molecule has 1 aromatic carbocycles. The number of rotatable bonds is 2. The molecule has 0 aliphatic carbocycles. The summed E-state index contributed by atoms with van der Waals surface area (Å²) in [5.41, 5.74) is 3.06. The molecule has 1 aliphatic rings. The molecule has 0 fully saturated rings. The molecule has 0 saturated carbocycles. The van der Waals surface area contributed by atoms with Crippen molar-refractivity contribution >= 4 is 17.1 Å². The van der Waals surface area contributed by atoms with Gasteiger partial charge in [-0.25, -0.2) is 4.99 Å². The van der Waals surface area contributed by atoms with Gasteiger partial charge in [-0.05, 0) is 18.9 Å². The second kappa shape index (κ2) is 3.17. The van der Waals surface area contributed by atoms with Crippen LogP contribution in [0.1, 0.15) is 18.9 Å². The molecular weight excluding hydrogens is 162 g/mol. The standard InChI is InChI=1S/C11H11NO/c1-8(13)6-9-7-12-11-5-3-2-4-10(9)11/h2-5,8,13H,6H2,1H3.